The Hall–Kier alpha value is -2.38. The maximum Gasteiger partial charge on any atom is 0.143 e. The summed E-state index contributed by atoms with van der Waals surface area (Å²) in [6.07, 6.45) is 0. The van der Waals surface area contributed by atoms with E-state index in [9.17, 15) is 0 Å². The molecule has 3 N–H and O–H groups in total. The molecule has 4 nitrogen and oxygen atoms in total. The zero-order valence-corrected chi connectivity index (χ0v) is 11.0. The van der Waals surface area contributed by atoms with Gasteiger partial charge in [-0.05, 0) is 30.3 Å². The second kappa shape index (κ2) is 5.51. The lowest BCUT2D eigenvalue weighted by atomic mass is 10.2. The highest BCUT2D eigenvalue weighted by Crippen LogP contribution is 2.30. The first-order chi connectivity index (χ1) is 9.13. The van der Waals surface area contributed by atoms with Crippen molar-refractivity contribution in [3.63, 3.8) is 0 Å². The van der Waals surface area contributed by atoms with E-state index in [-0.39, 0.29) is 0 Å². The smallest absolute Gasteiger partial charge is 0.143 e. The van der Waals surface area contributed by atoms with Crippen LogP contribution in [0.25, 0.3) is 0 Å². The molecule has 0 aromatic heterocycles. The molecule has 0 aliphatic carbocycles. The Morgan fingerprint density at radius 3 is 2.74 bits per heavy atom. The van der Waals surface area contributed by atoms with Crippen molar-refractivity contribution in [2.24, 2.45) is 0 Å². The molecule has 0 aliphatic heterocycles. The Bertz CT molecular complexity index is 650. The highest BCUT2D eigenvalue weighted by molar-refractivity contribution is 6.33. The van der Waals surface area contributed by atoms with Crippen molar-refractivity contribution in [2.75, 3.05) is 18.2 Å². The van der Waals surface area contributed by atoms with Crippen molar-refractivity contribution in [1.82, 2.24) is 0 Å². The standard InChI is InChI=1S/C14H12ClN3O/c1-19-14-7-10(3-5-12(14)17)18-13-6-9(8-16)2-4-11(13)15/h2-7,18H,17H2,1H3. The zero-order valence-electron chi connectivity index (χ0n) is 10.3. The van der Waals surface area contributed by atoms with Gasteiger partial charge in [-0.2, -0.15) is 5.26 Å². The monoisotopic (exact) mass is 273 g/mol. The van der Waals surface area contributed by atoms with Crippen LogP contribution < -0.4 is 15.8 Å². The maximum atomic E-state index is 8.88. The number of halogens is 1. The van der Waals surface area contributed by atoms with Crippen LogP contribution >= 0.6 is 11.6 Å². The number of methoxy groups -OCH3 is 1. The van der Waals surface area contributed by atoms with Gasteiger partial charge in [-0.15, -0.1) is 0 Å². The number of nitrogens with zero attached hydrogens (tertiary/aromatic N) is 1. The summed E-state index contributed by atoms with van der Waals surface area (Å²) >= 11 is 6.08. The Balaban J connectivity index is 2.33. The topological polar surface area (TPSA) is 71.1 Å². The lowest BCUT2D eigenvalue weighted by molar-refractivity contribution is 0.417. The average molecular weight is 274 g/mol. The van der Waals surface area contributed by atoms with Crippen molar-refractivity contribution in [1.29, 1.82) is 5.26 Å². The first-order valence-corrected chi connectivity index (χ1v) is 5.92. The molecule has 19 heavy (non-hydrogen) atoms. The van der Waals surface area contributed by atoms with Crippen LogP contribution in [0.4, 0.5) is 17.1 Å². The molecule has 0 aliphatic rings. The molecule has 0 spiro atoms. The third kappa shape index (κ3) is 2.90. The van der Waals surface area contributed by atoms with Gasteiger partial charge in [0.1, 0.15) is 5.75 Å². The fourth-order valence-corrected chi connectivity index (χ4v) is 1.80. The molecule has 0 fully saturated rings. The molecule has 2 aromatic carbocycles. The Kier molecular flexibility index (Phi) is 3.79. The zero-order chi connectivity index (χ0) is 13.8. The molecule has 96 valence electrons. The lowest BCUT2D eigenvalue weighted by Gasteiger charge is -2.11. The molecule has 5 heteroatoms. The number of ether oxygens (including phenoxy) is 1. The van der Waals surface area contributed by atoms with Crippen LogP contribution in [0.1, 0.15) is 5.56 Å². The second-order valence-corrected chi connectivity index (χ2v) is 4.30. The molecule has 2 rings (SSSR count). The van der Waals surface area contributed by atoms with Gasteiger partial charge >= 0.3 is 0 Å². The number of benzene rings is 2. The van der Waals surface area contributed by atoms with Crippen LogP contribution in [0.2, 0.25) is 5.02 Å². The van der Waals surface area contributed by atoms with Gasteiger partial charge < -0.3 is 15.8 Å². The van der Waals surface area contributed by atoms with E-state index in [0.29, 0.717) is 27.7 Å². The quantitative estimate of drug-likeness (QED) is 0.839. The van der Waals surface area contributed by atoms with Gasteiger partial charge in [-0.25, -0.2) is 0 Å². The molecule has 2 aromatic rings. The summed E-state index contributed by atoms with van der Waals surface area (Å²) < 4.78 is 5.15. The molecule has 0 bridgehead atoms. The number of nitrogens with two attached hydrogens (primary N) is 1. The predicted octanol–water partition coefficient (Wildman–Crippen LogP) is 3.55. The Morgan fingerprint density at radius 1 is 1.26 bits per heavy atom. The highest BCUT2D eigenvalue weighted by Gasteiger charge is 2.05. The molecule has 0 unspecified atom stereocenters. The van der Waals surface area contributed by atoms with Gasteiger partial charge in [0.2, 0.25) is 0 Å². The van der Waals surface area contributed by atoms with E-state index in [0.717, 1.165) is 5.69 Å². The number of nitrogen functional groups attached to an aromatic ring is 1. The number of anilines is 3. The second-order valence-electron chi connectivity index (χ2n) is 3.89. The fraction of sp³-hybridized carbons (Fsp3) is 0.0714. The predicted molar refractivity (Wildman–Crippen MR) is 76.9 cm³/mol. The molecular formula is C14H12ClN3O. The summed E-state index contributed by atoms with van der Waals surface area (Å²) in [6.45, 7) is 0. The maximum absolute atomic E-state index is 8.88. The van der Waals surface area contributed by atoms with Crippen LogP contribution in [0.3, 0.4) is 0 Å². The number of hydrogen-bond acceptors (Lipinski definition) is 4. The van der Waals surface area contributed by atoms with Crippen LogP contribution in [-0.4, -0.2) is 7.11 Å². The average Bonchev–Trinajstić information content (AvgIpc) is 2.43. The summed E-state index contributed by atoms with van der Waals surface area (Å²) in [5.41, 5.74) is 8.28. The van der Waals surface area contributed by atoms with E-state index < -0.39 is 0 Å². The first-order valence-electron chi connectivity index (χ1n) is 5.54. The summed E-state index contributed by atoms with van der Waals surface area (Å²) in [6, 6.07) is 12.4. The van der Waals surface area contributed by atoms with Crippen molar-refractivity contribution in [3.8, 4) is 11.8 Å². The van der Waals surface area contributed by atoms with Crippen LogP contribution in [-0.2, 0) is 0 Å². The van der Waals surface area contributed by atoms with Crippen LogP contribution in [0, 0.1) is 11.3 Å². The summed E-state index contributed by atoms with van der Waals surface area (Å²) in [5.74, 6) is 0.581. The van der Waals surface area contributed by atoms with Gasteiger partial charge in [0.25, 0.3) is 0 Å². The normalized spacial score (nSPS) is 9.74. The van der Waals surface area contributed by atoms with E-state index in [1.165, 1.54) is 0 Å². The van der Waals surface area contributed by atoms with E-state index in [1.54, 1.807) is 37.4 Å². The van der Waals surface area contributed by atoms with Gasteiger partial charge in [-0.1, -0.05) is 11.6 Å². The van der Waals surface area contributed by atoms with Crippen LogP contribution in [0.15, 0.2) is 36.4 Å². The van der Waals surface area contributed by atoms with Crippen molar-refractivity contribution < 1.29 is 4.74 Å². The Labute approximate surface area is 116 Å². The molecular weight excluding hydrogens is 262 g/mol. The summed E-state index contributed by atoms with van der Waals surface area (Å²) in [7, 11) is 1.55. The minimum absolute atomic E-state index is 0.536. The largest absolute Gasteiger partial charge is 0.495 e. The first kappa shape index (κ1) is 13.1. The number of hydrogen-bond donors (Lipinski definition) is 2. The summed E-state index contributed by atoms with van der Waals surface area (Å²) in [4.78, 5) is 0. The minimum atomic E-state index is 0.536. The van der Waals surface area contributed by atoms with E-state index in [2.05, 4.69) is 11.4 Å². The van der Waals surface area contributed by atoms with Gasteiger partial charge in [0.15, 0.2) is 0 Å². The van der Waals surface area contributed by atoms with Gasteiger partial charge in [-0.3, -0.25) is 0 Å². The highest BCUT2D eigenvalue weighted by atomic mass is 35.5. The molecule has 0 atom stereocenters. The molecule has 0 heterocycles. The SMILES string of the molecule is COc1cc(Nc2cc(C#N)ccc2Cl)ccc1N. The summed E-state index contributed by atoms with van der Waals surface area (Å²) in [5, 5.41) is 12.5. The minimum Gasteiger partial charge on any atom is -0.495 e. The van der Waals surface area contributed by atoms with Crippen molar-refractivity contribution in [2.45, 2.75) is 0 Å². The van der Waals surface area contributed by atoms with Crippen molar-refractivity contribution in [3.05, 3.63) is 47.0 Å². The Morgan fingerprint density at radius 2 is 2.05 bits per heavy atom. The fourth-order valence-electron chi connectivity index (χ4n) is 1.64. The third-order valence-corrected chi connectivity index (χ3v) is 2.94. The molecule has 0 saturated carbocycles. The number of nitriles is 1. The number of nitrogens with one attached hydrogen (secondary N) is 1. The van der Waals surface area contributed by atoms with Crippen molar-refractivity contribution >= 4 is 28.7 Å². The molecule has 0 amide bonds. The van der Waals surface area contributed by atoms with E-state index in [1.807, 2.05) is 6.07 Å². The lowest BCUT2D eigenvalue weighted by Crippen LogP contribution is -1.96. The van der Waals surface area contributed by atoms with E-state index >= 15 is 0 Å². The third-order valence-electron chi connectivity index (χ3n) is 2.61. The van der Waals surface area contributed by atoms with Gasteiger partial charge in [0.05, 0.1) is 35.1 Å². The van der Waals surface area contributed by atoms with Gasteiger partial charge in [0, 0.05) is 11.8 Å². The van der Waals surface area contributed by atoms with Crippen LogP contribution in [0.5, 0.6) is 5.75 Å². The van der Waals surface area contributed by atoms with E-state index in [4.69, 9.17) is 27.3 Å². The molecule has 0 saturated heterocycles. The number of rotatable bonds is 3. The molecule has 0 radical (unpaired) electrons.